The third-order valence-corrected chi connectivity index (χ3v) is 3.53. The van der Waals surface area contributed by atoms with E-state index < -0.39 is 0 Å². The summed E-state index contributed by atoms with van der Waals surface area (Å²) >= 11 is 1.55. The molecule has 0 unspecified atom stereocenters. The molecule has 90 valence electrons. The van der Waals surface area contributed by atoms with Crippen molar-refractivity contribution >= 4 is 16.5 Å². The molecule has 1 aromatic heterocycles. The Morgan fingerprint density at radius 2 is 2.18 bits per heavy atom. The minimum atomic E-state index is -0.199. The zero-order chi connectivity index (χ0) is 12.3. The number of aromatic nitrogens is 2. The number of rotatable bonds is 4. The normalized spacial score (nSPS) is 10.5. The van der Waals surface area contributed by atoms with E-state index >= 15 is 0 Å². The predicted molar refractivity (Wildman–Crippen MR) is 67.8 cm³/mol. The Kier molecular flexibility index (Phi) is 3.68. The number of anilines is 1. The highest BCUT2D eigenvalue weighted by molar-refractivity contribution is 7.15. The van der Waals surface area contributed by atoms with Crippen LogP contribution in [0.1, 0.15) is 23.1 Å². The first kappa shape index (κ1) is 12.0. The molecule has 0 aliphatic carbocycles. The summed E-state index contributed by atoms with van der Waals surface area (Å²) in [6.07, 6.45) is 0.898. The first-order valence-corrected chi connectivity index (χ1v) is 6.32. The summed E-state index contributed by atoms with van der Waals surface area (Å²) in [6, 6.07) is 4.80. The van der Waals surface area contributed by atoms with E-state index in [-0.39, 0.29) is 5.82 Å². The maximum Gasteiger partial charge on any atom is 0.205 e. The molecule has 2 rings (SSSR count). The van der Waals surface area contributed by atoms with Crippen LogP contribution < -0.4 is 5.32 Å². The van der Waals surface area contributed by atoms with Crippen molar-refractivity contribution < 1.29 is 4.39 Å². The molecule has 0 fully saturated rings. The lowest BCUT2D eigenvalue weighted by atomic mass is 10.1. The molecule has 0 amide bonds. The van der Waals surface area contributed by atoms with Gasteiger partial charge >= 0.3 is 0 Å². The number of hydrogen-bond donors (Lipinski definition) is 1. The summed E-state index contributed by atoms with van der Waals surface area (Å²) in [5, 5.41) is 13.1. The van der Waals surface area contributed by atoms with Crippen LogP contribution in [0.15, 0.2) is 18.2 Å². The minimum absolute atomic E-state index is 0.199. The van der Waals surface area contributed by atoms with Gasteiger partial charge in [0.1, 0.15) is 10.8 Å². The molecule has 1 heterocycles. The highest BCUT2D eigenvalue weighted by atomic mass is 32.1. The molecular formula is C12H14FN3S. The largest absolute Gasteiger partial charge is 0.356 e. The zero-order valence-corrected chi connectivity index (χ0v) is 10.6. The van der Waals surface area contributed by atoms with E-state index in [1.807, 2.05) is 6.92 Å². The van der Waals surface area contributed by atoms with Gasteiger partial charge < -0.3 is 5.32 Å². The fourth-order valence-electron chi connectivity index (χ4n) is 1.50. The Hall–Kier alpha value is -1.49. The highest BCUT2D eigenvalue weighted by Crippen LogP contribution is 2.17. The summed E-state index contributed by atoms with van der Waals surface area (Å²) in [4.78, 5) is 0. The maximum atomic E-state index is 12.9. The van der Waals surface area contributed by atoms with E-state index in [9.17, 15) is 4.39 Å². The van der Waals surface area contributed by atoms with Gasteiger partial charge in [-0.1, -0.05) is 24.3 Å². The van der Waals surface area contributed by atoms with Gasteiger partial charge in [-0.05, 0) is 36.6 Å². The number of hydrogen-bond acceptors (Lipinski definition) is 4. The molecule has 2 aromatic rings. The van der Waals surface area contributed by atoms with E-state index in [1.165, 1.54) is 12.1 Å². The number of nitrogens with one attached hydrogen (secondary N) is 1. The Morgan fingerprint density at radius 1 is 1.35 bits per heavy atom. The van der Waals surface area contributed by atoms with Crippen LogP contribution in [-0.2, 0) is 13.0 Å². The first-order valence-electron chi connectivity index (χ1n) is 5.50. The lowest BCUT2D eigenvalue weighted by Gasteiger charge is -2.06. The van der Waals surface area contributed by atoms with Crippen molar-refractivity contribution in [3.8, 4) is 0 Å². The molecule has 17 heavy (non-hydrogen) atoms. The molecule has 0 spiro atoms. The second-order valence-electron chi connectivity index (χ2n) is 3.78. The Bertz CT molecular complexity index is 510. The number of nitrogens with zero attached hydrogens (tertiary/aromatic N) is 2. The topological polar surface area (TPSA) is 37.8 Å². The smallest absolute Gasteiger partial charge is 0.205 e. The molecule has 0 atom stereocenters. The minimum Gasteiger partial charge on any atom is -0.356 e. The predicted octanol–water partition coefficient (Wildman–Crippen LogP) is 3.16. The fraction of sp³-hybridized carbons (Fsp3) is 0.333. The molecule has 1 aromatic carbocycles. The summed E-state index contributed by atoms with van der Waals surface area (Å²) in [5.41, 5.74) is 2.01. The van der Waals surface area contributed by atoms with Crippen molar-refractivity contribution in [1.82, 2.24) is 10.2 Å². The molecule has 0 saturated heterocycles. The molecule has 1 N–H and O–H groups in total. The fourth-order valence-corrected chi connectivity index (χ4v) is 2.17. The molecule has 3 nitrogen and oxygen atoms in total. The second kappa shape index (κ2) is 5.23. The van der Waals surface area contributed by atoms with E-state index in [4.69, 9.17) is 0 Å². The van der Waals surface area contributed by atoms with Gasteiger partial charge in [-0.2, -0.15) is 0 Å². The van der Waals surface area contributed by atoms with Crippen molar-refractivity contribution in [2.75, 3.05) is 5.32 Å². The van der Waals surface area contributed by atoms with Gasteiger partial charge in [0.15, 0.2) is 0 Å². The Labute approximate surface area is 104 Å². The molecule has 0 aliphatic heterocycles. The molecule has 0 saturated carbocycles. The Balaban J connectivity index is 2.02. The number of benzene rings is 1. The average molecular weight is 251 g/mol. The van der Waals surface area contributed by atoms with Crippen LogP contribution in [0.5, 0.6) is 0 Å². The monoisotopic (exact) mass is 251 g/mol. The van der Waals surface area contributed by atoms with Gasteiger partial charge in [0.25, 0.3) is 0 Å². The van der Waals surface area contributed by atoms with E-state index in [2.05, 4.69) is 22.4 Å². The van der Waals surface area contributed by atoms with Crippen LogP contribution in [0, 0.1) is 12.7 Å². The number of halogens is 1. The van der Waals surface area contributed by atoms with Crippen molar-refractivity contribution in [1.29, 1.82) is 0 Å². The lowest BCUT2D eigenvalue weighted by Crippen LogP contribution is -2.01. The average Bonchev–Trinajstić information content (AvgIpc) is 2.76. The van der Waals surface area contributed by atoms with E-state index in [0.29, 0.717) is 6.54 Å². The van der Waals surface area contributed by atoms with Gasteiger partial charge in [-0.25, -0.2) is 4.39 Å². The third kappa shape index (κ3) is 3.00. The van der Waals surface area contributed by atoms with E-state index in [1.54, 1.807) is 17.4 Å². The van der Waals surface area contributed by atoms with Crippen molar-refractivity contribution in [2.45, 2.75) is 26.8 Å². The Morgan fingerprint density at radius 3 is 2.82 bits per heavy atom. The molecule has 5 heteroatoms. The molecule has 0 bridgehead atoms. The van der Waals surface area contributed by atoms with Crippen LogP contribution >= 0.6 is 11.3 Å². The lowest BCUT2D eigenvalue weighted by molar-refractivity contribution is 0.625. The summed E-state index contributed by atoms with van der Waals surface area (Å²) < 4.78 is 12.9. The van der Waals surface area contributed by atoms with Crippen LogP contribution in [-0.4, -0.2) is 10.2 Å². The van der Waals surface area contributed by atoms with Crippen molar-refractivity contribution in [3.63, 3.8) is 0 Å². The van der Waals surface area contributed by atoms with Crippen LogP contribution in [0.2, 0.25) is 0 Å². The van der Waals surface area contributed by atoms with Gasteiger partial charge in [-0.3, -0.25) is 0 Å². The standard InChI is InChI=1S/C12H14FN3S/c1-3-11-15-16-12(17-11)14-7-9-4-5-10(13)6-8(9)2/h4-6H,3,7H2,1-2H3,(H,14,16). The summed E-state index contributed by atoms with van der Waals surface area (Å²) in [6.45, 7) is 4.59. The van der Waals surface area contributed by atoms with Crippen molar-refractivity contribution in [2.24, 2.45) is 0 Å². The van der Waals surface area contributed by atoms with Gasteiger partial charge in [0, 0.05) is 6.54 Å². The van der Waals surface area contributed by atoms with Crippen LogP contribution in [0.25, 0.3) is 0 Å². The SMILES string of the molecule is CCc1nnc(NCc2ccc(F)cc2C)s1. The maximum absolute atomic E-state index is 12.9. The van der Waals surface area contributed by atoms with Gasteiger partial charge in [-0.15, -0.1) is 10.2 Å². The quantitative estimate of drug-likeness (QED) is 0.907. The molecule has 0 aliphatic rings. The van der Waals surface area contributed by atoms with Gasteiger partial charge in [0.05, 0.1) is 0 Å². The van der Waals surface area contributed by atoms with Gasteiger partial charge in [0.2, 0.25) is 5.13 Å². The summed E-state index contributed by atoms with van der Waals surface area (Å²) in [5.74, 6) is -0.199. The third-order valence-electron chi connectivity index (χ3n) is 2.50. The zero-order valence-electron chi connectivity index (χ0n) is 9.83. The summed E-state index contributed by atoms with van der Waals surface area (Å²) in [7, 11) is 0. The van der Waals surface area contributed by atoms with E-state index in [0.717, 1.165) is 27.7 Å². The van der Waals surface area contributed by atoms with Crippen molar-refractivity contribution in [3.05, 3.63) is 40.2 Å². The number of aryl methyl sites for hydroxylation is 2. The first-order chi connectivity index (χ1) is 8.19. The highest BCUT2D eigenvalue weighted by Gasteiger charge is 2.03. The van der Waals surface area contributed by atoms with Crippen LogP contribution in [0.3, 0.4) is 0 Å². The molecular weight excluding hydrogens is 237 g/mol. The molecule has 0 radical (unpaired) electrons. The van der Waals surface area contributed by atoms with Crippen LogP contribution in [0.4, 0.5) is 9.52 Å². The second-order valence-corrected chi connectivity index (χ2v) is 4.84.